The van der Waals surface area contributed by atoms with E-state index in [0.29, 0.717) is 25.4 Å². The molecule has 0 atom stereocenters. The summed E-state index contributed by atoms with van der Waals surface area (Å²) in [6.45, 7) is 5.42. The fourth-order valence-electron chi connectivity index (χ4n) is 3.38. The number of nitrogens with one attached hydrogen (secondary N) is 1. The zero-order valence-electron chi connectivity index (χ0n) is 18.2. The van der Waals surface area contributed by atoms with Gasteiger partial charge < -0.3 is 5.32 Å². The molecule has 0 saturated heterocycles. The molecule has 2 aromatic heterocycles. The normalized spacial score (nSPS) is 11.2. The molecule has 2 aromatic carbocycles. The third kappa shape index (κ3) is 4.62. The van der Waals surface area contributed by atoms with Crippen molar-refractivity contribution in [2.45, 2.75) is 31.7 Å². The van der Waals surface area contributed by atoms with Gasteiger partial charge in [-0.1, -0.05) is 60.1 Å². The van der Waals surface area contributed by atoms with Crippen molar-refractivity contribution in [2.75, 3.05) is 11.1 Å². The number of fused-ring (bicyclic) bond motifs is 1. The summed E-state index contributed by atoms with van der Waals surface area (Å²) in [5, 5.41) is 3.19. The number of carbonyl (C=O) groups excluding carboxylic acids is 1. The molecule has 0 fully saturated rings. The molecule has 0 aliphatic carbocycles. The molecule has 1 amide bonds. The number of para-hydroxylation sites is 1. The fourth-order valence-corrected chi connectivity index (χ4v) is 5.62. The summed E-state index contributed by atoms with van der Waals surface area (Å²) >= 11 is 8.94. The first-order valence-corrected chi connectivity index (χ1v) is 12.4. The SMILES string of the molecule is CCSc1nc2c(s1)c(=O)n(-c1ccc(C)cc1)c(=O)n2CC(=O)Nc1c(C)cccc1Cl. The van der Waals surface area contributed by atoms with Crippen molar-refractivity contribution in [3.63, 3.8) is 0 Å². The summed E-state index contributed by atoms with van der Waals surface area (Å²) in [5.41, 5.74) is 1.86. The predicted molar refractivity (Wildman–Crippen MR) is 135 cm³/mol. The molecule has 0 aliphatic rings. The number of benzene rings is 2. The summed E-state index contributed by atoms with van der Waals surface area (Å²) in [4.78, 5) is 44.2. The number of carbonyl (C=O) groups is 1. The van der Waals surface area contributed by atoms with Crippen LogP contribution in [0.1, 0.15) is 18.1 Å². The van der Waals surface area contributed by atoms with Crippen LogP contribution in [0, 0.1) is 13.8 Å². The van der Waals surface area contributed by atoms with Crippen molar-refractivity contribution in [1.82, 2.24) is 14.1 Å². The van der Waals surface area contributed by atoms with Crippen LogP contribution >= 0.6 is 34.7 Å². The number of thiazole rings is 1. The van der Waals surface area contributed by atoms with E-state index < -0.39 is 17.2 Å². The molecule has 0 radical (unpaired) electrons. The van der Waals surface area contributed by atoms with Gasteiger partial charge in [-0.15, -0.1) is 11.3 Å². The minimum Gasteiger partial charge on any atom is -0.323 e. The summed E-state index contributed by atoms with van der Waals surface area (Å²) in [6, 6.07) is 12.4. The maximum absolute atomic E-state index is 13.5. The van der Waals surface area contributed by atoms with Crippen molar-refractivity contribution in [2.24, 2.45) is 0 Å². The predicted octanol–water partition coefficient (Wildman–Crippen LogP) is 4.63. The third-order valence-corrected chi connectivity index (χ3v) is 7.39. The van der Waals surface area contributed by atoms with Gasteiger partial charge in [-0.05, 0) is 43.4 Å². The first-order valence-electron chi connectivity index (χ1n) is 10.2. The standard InChI is InChI=1S/C23H21ClN4O3S2/c1-4-32-22-26-20-19(33-22)21(30)28(15-10-8-13(2)9-11-15)23(31)27(20)12-17(29)25-18-14(3)6-5-7-16(18)24/h5-11H,4,12H2,1-3H3,(H,25,29). The summed E-state index contributed by atoms with van der Waals surface area (Å²) < 4.78 is 3.33. The largest absolute Gasteiger partial charge is 0.337 e. The lowest BCUT2D eigenvalue weighted by molar-refractivity contribution is -0.116. The zero-order chi connectivity index (χ0) is 23.7. The molecular weight excluding hydrogens is 480 g/mol. The van der Waals surface area contributed by atoms with Gasteiger partial charge in [-0.3, -0.25) is 14.2 Å². The smallest absolute Gasteiger partial charge is 0.323 e. The molecule has 4 aromatic rings. The molecule has 1 N–H and O–H groups in total. The molecule has 7 nitrogen and oxygen atoms in total. The first kappa shape index (κ1) is 23.3. The van der Waals surface area contributed by atoms with Crippen LogP contribution in [-0.2, 0) is 11.3 Å². The van der Waals surface area contributed by atoms with Crippen LogP contribution in [0.25, 0.3) is 16.0 Å². The van der Waals surface area contributed by atoms with Gasteiger partial charge in [-0.25, -0.2) is 14.3 Å². The zero-order valence-corrected chi connectivity index (χ0v) is 20.6. The highest BCUT2D eigenvalue weighted by molar-refractivity contribution is 8.01. The van der Waals surface area contributed by atoms with Gasteiger partial charge in [0.25, 0.3) is 5.56 Å². The van der Waals surface area contributed by atoms with Gasteiger partial charge in [0.2, 0.25) is 5.91 Å². The van der Waals surface area contributed by atoms with Crippen molar-refractivity contribution < 1.29 is 4.79 Å². The molecule has 10 heteroatoms. The molecule has 170 valence electrons. The molecule has 2 heterocycles. The number of amides is 1. The quantitative estimate of drug-likeness (QED) is 0.390. The lowest BCUT2D eigenvalue weighted by atomic mass is 10.2. The first-order chi connectivity index (χ1) is 15.8. The Balaban J connectivity index is 1.85. The molecule has 0 bridgehead atoms. The molecular formula is C23H21ClN4O3S2. The van der Waals surface area contributed by atoms with Gasteiger partial charge in [0.1, 0.15) is 11.2 Å². The van der Waals surface area contributed by atoms with E-state index in [0.717, 1.165) is 21.4 Å². The highest BCUT2D eigenvalue weighted by Crippen LogP contribution is 2.28. The molecule has 0 saturated carbocycles. The topological polar surface area (TPSA) is 86.0 Å². The average molecular weight is 501 g/mol. The Kier molecular flexibility index (Phi) is 6.73. The number of aryl methyl sites for hydroxylation is 2. The van der Waals surface area contributed by atoms with Crippen molar-refractivity contribution in [3.05, 3.63) is 79.5 Å². The van der Waals surface area contributed by atoms with E-state index in [9.17, 15) is 14.4 Å². The highest BCUT2D eigenvalue weighted by Gasteiger charge is 2.21. The highest BCUT2D eigenvalue weighted by atomic mass is 35.5. The molecule has 0 aliphatic heterocycles. The van der Waals surface area contributed by atoms with Crippen LogP contribution in [-0.4, -0.2) is 25.8 Å². The molecule has 0 spiro atoms. The Bertz CT molecular complexity index is 1450. The van der Waals surface area contributed by atoms with E-state index >= 15 is 0 Å². The van der Waals surface area contributed by atoms with E-state index in [1.807, 2.05) is 39.0 Å². The number of hydrogen-bond donors (Lipinski definition) is 1. The summed E-state index contributed by atoms with van der Waals surface area (Å²) in [5.74, 6) is 0.323. The van der Waals surface area contributed by atoms with E-state index in [4.69, 9.17) is 11.6 Å². The maximum Gasteiger partial charge on any atom is 0.337 e. The van der Waals surface area contributed by atoms with E-state index in [-0.39, 0.29) is 12.2 Å². The second-order valence-corrected chi connectivity index (χ2v) is 10.3. The lowest BCUT2D eigenvalue weighted by Crippen LogP contribution is -2.40. The van der Waals surface area contributed by atoms with Crippen LogP contribution in [0.2, 0.25) is 5.02 Å². The van der Waals surface area contributed by atoms with Crippen LogP contribution in [0.5, 0.6) is 0 Å². The van der Waals surface area contributed by atoms with Gasteiger partial charge >= 0.3 is 5.69 Å². The minimum atomic E-state index is -0.624. The third-order valence-electron chi connectivity index (χ3n) is 5.01. The number of rotatable bonds is 6. The fraction of sp³-hybridized carbons (Fsp3) is 0.217. The van der Waals surface area contributed by atoms with E-state index in [1.165, 1.54) is 27.7 Å². The lowest BCUT2D eigenvalue weighted by Gasteiger charge is -2.13. The van der Waals surface area contributed by atoms with E-state index in [1.54, 1.807) is 24.3 Å². The Labute approximate surface area is 203 Å². The minimum absolute atomic E-state index is 0.209. The van der Waals surface area contributed by atoms with Crippen molar-refractivity contribution in [1.29, 1.82) is 0 Å². The van der Waals surface area contributed by atoms with Gasteiger partial charge in [0.05, 0.1) is 16.4 Å². The number of anilines is 1. The number of thioether (sulfide) groups is 1. The van der Waals surface area contributed by atoms with Crippen molar-refractivity contribution >= 4 is 56.6 Å². The second-order valence-electron chi connectivity index (χ2n) is 7.39. The number of aromatic nitrogens is 3. The Morgan fingerprint density at radius 2 is 1.88 bits per heavy atom. The molecule has 4 rings (SSSR count). The van der Waals surface area contributed by atoms with Gasteiger partial charge in [0.15, 0.2) is 9.99 Å². The average Bonchev–Trinajstić information content (AvgIpc) is 3.20. The molecule has 0 unspecified atom stereocenters. The number of nitrogens with zero attached hydrogens (tertiary/aromatic N) is 3. The van der Waals surface area contributed by atoms with E-state index in [2.05, 4.69) is 10.3 Å². The van der Waals surface area contributed by atoms with Crippen LogP contribution in [0.3, 0.4) is 0 Å². The number of hydrogen-bond acceptors (Lipinski definition) is 6. The van der Waals surface area contributed by atoms with Gasteiger partial charge in [-0.2, -0.15) is 0 Å². The Morgan fingerprint density at radius 3 is 2.55 bits per heavy atom. The van der Waals surface area contributed by atoms with Crippen LogP contribution in [0.4, 0.5) is 5.69 Å². The molecule has 33 heavy (non-hydrogen) atoms. The Morgan fingerprint density at radius 1 is 1.15 bits per heavy atom. The van der Waals surface area contributed by atoms with Gasteiger partial charge in [0, 0.05) is 0 Å². The Hall–Kier alpha value is -2.88. The number of halogens is 1. The summed E-state index contributed by atoms with van der Waals surface area (Å²) in [6.07, 6.45) is 0. The van der Waals surface area contributed by atoms with Crippen LogP contribution < -0.4 is 16.6 Å². The maximum atomic E-state index is 13.5. The monoisotopic (exact) mass is 500 g/mol. The van der Waals surface area contributed by atoms with Crippen molar-refractivity contribution in [3.8, 4) is 5.69 Å². The van der Waals surface area contributed by atoms with Crippen LogP contribution in [0.15, 0.2) is 56.4 Å². The second kappa shape index (κ2) is 9.54. The summed E-state index contributed by atoms with van der Waals surface area (Å²) in [7, 11) is 0.